The van der Waals surface area contributed by atoms with Gasteiger partial charge in [0, 0.05) is 18.4 Å². The lowest BCUT2D eigenvalue weighted by atomic mass is 9.88. The number of tetrazole rings is 1. The van der Waals surface area contributed by atoms with Crippen LogP contribution in [0.2, 0.25) is 0 Å². The topological polar surface area (TPSA) is 43.6 Å². The summed E-state index contributed by atoms with van der Waals surface area (Å²) >= 11 is 0. The Kier molecular flexibility index (Phi) is 7.74. The molecule has 5 aromatic rings. The molecule has 0 bridgehead atoms. The fourth-order valence-electron chi connectivity index (χ4n) is 4.75. The van der Waals surface area contributed by atoms with E-state index in [4.69, 9.17) is 0 Å². The Hall–Kier alpha value is -4.31. The van der Waals surface area contributed by atoms with Gasteiger partial charge in [0.15, 0.2) is 5.82 Å². The van der Waals surface area contributed by atoms with Crippen molar-refractivity contribution in [1.82, 2.24) is 20.2 Å². The zero-order chi connectivity index (χ0) is 24.4. The van der Waals surface area contributed by atoms with Crippen LogP contribution in [0.15, 0.2) is 127 Å². The largest absolute Gasteiger partial charge is 0.229 e. The molecule has 4 nitrogen and oxygen atoms in total. The van der Waals surface area contributed by atoms with Gasteiger partial charge in [0.2, 0.25) is 0 Å². The van der Waals surface area contributed by atoms with Crippen molar-refractivity contribution in [2.45, 2.75) is 31.2 Å². The molecular formula is C32H30N4. The van der Waals surface area contributed by atoms with Gasteiger partial charge in [0.05, 0.1) is 0 Å². The van der Waals surface area contributed by atoms with Crippen LogP contribution in [0.1, 0.15) is 52.8 Å². The van der Waals surface area contributed by atoms with Crippen molar-refractivity contribution in [2.75, 3.05) is 0 Å². The molecule has 0 radical (unpaired) electrons. The number of rotatable bonds is 10. The number of hydrogen-bond acceptors (Lipinski definition) is 3. The molecule has 1 aromatic heterocycles. The number of benzene rings is 4. The monoisotopic (exact) mass is 470 g/mol. The highest BCUT2D eigenvalue weighted by Crippen LogP contribution is 2.30. The predicted octanol–water partition coefficient (Wildman–Crippen LogP) is 7.13. The summed E-state index contributed by atoms with van der Waals surface area (Å²) in [6.07, 6.45) is 6.13. The summed E-state index contributed by atoms with van der Waals surface area (Å²) in [5.41, 5.74) is 5.03. The molecule has 36 heavy (non-hydrogen) atoms. The molecule has 1 heterocycles. The van der Waals surface area contributed by atoms with Gasteiger partial charge in [-0.2, -0.15) is 0 Å². The van der Waals surface area contributed by atoms with Gasteiger partial charge in [0.1, 0.15) is 0 Å². The maximum Gasteiger partial charge on any atom is 0.159 e. The van der Waals surface area contributed by atoms with Crippen LogP contribution in [0.5, 0.6) is 0 Å². The summed E-state index contributed by atoms with van der Waals surface area (Å²) in [7, 11) is 0. The molecule has 5 rings (SSSR count). The first kappa shape index (κ1) is 23.4. The Morgan fingerprint density at radius 2 is 1.11 bits per heavy atom. The minimum absolute atomic E-state index is 0.0769. The normalized spacial score (nSPS) is 12.2. The van der Waals surface area contributed by atoms with Crippen molar-refractivity contribution in [3.63, 3.8) is 0 Å². The van der Waals surface area contributed by atoms with Crippen LogP contribution >= 0.6 is 0 Å². The number of allylic oxidation sites excluding steroid dienone is 1. The van der Waals surface area contributed by atoms with E-state index in [0.29, 0.717) is 0 Å². The Labute approximate surface area is 213 Å². The maximum atomic E-state index is 4.51. The molecule has 1 atom stereocenters. The molecule has 0 aliphatic rings. The van der Waals surface area contributed by atoms with Crippen LogP contribution in [0.4, 0.5) is 0 Å². The number of aromatic nitrogens is 4. The van der Waals surface area contributed by atoms with Crippen molar-refractivity contribution < 1.29 is 0 Å². The standard InChI is InChI=1S/C32H30N4/c1-5-14-26(15-6-1)16-13-23-31(29-21-11-4-12-22-29)32-33-34-35-36(32)25-24-30(27-17-7-2-8-18-27)28-19-9-3-10-20-28/h1-22,30-31H,23-25H2. The maximum absolute atomic E-state index is 4.51. The summed E-state index contributed by atoms with van der Waals surface area (Å²) in [5.74, 6) is 1.25. The second-order valence-corrected chi connectivity index (χ2v) is 8.93. The lowest BCUT2D eigenvalue weighted by molar-refractivity contribution is 0.504. The Balaban J connectivity index is 1.40. The minimum atomic E-state index is 0.0769. The zero-order valence-corrected chi connectivity index (χ0v) is 20.3. The lowest BCUT2D eigenvalue weighted by Gasteiger charge is -2.20. The molecule has 4 heteroatoms. The lowest BCUT2D eigenvalue weighted by Crippen LogP contribution is -2.14. The minimum Gasteiger partial charge on any atom is -0.229 e. The van der Waals surface area contributed by atoms with E-state index in [-0.39, 0.29) is 11.8 Å². The fraction of sp³-hybridized carbons (Fsp3) is 0.156. The van der Waals surface area contributed by atoms with Gasteiger partial charge in [0.25, 0.3) is 0 Å². The van der Waals surface area contributed by atoms with Crippen molar-refractivity contribution >= 4 is 6.08 Å². The molecule has 178 valence electrons. The summed E-state index contributed by atoms with van der Waals surface area (Å²) in [4.78, 5) is 0. The zero-order valence-electron chi connectivity index (χ0n) is 20.3. The van der Waals surface area contributed by atoms with Gasteiger partial charge >= 0.3 is 0 Å². The van der Waals surface area contributed by atoms with E-state index in [1.807, 2.05) is 16.8 Å². The van der Waals surface area contributed by atoms with Gasteiger partial charge in [-0.15, -0.1) is 5.10 Å². The molecule has 1 unspecified atom stereocenters. The smallest absolute Gasteiger partial charge is 0.159 e. The second kappa shape index (κ2) is 11.9. The van der Waals surface area contributed by atoms with Crippen LogP contribution < -0.4 is 0 Å². The molecule has 0 aliphatic heterocycles. The third kappa shape index (κ3) is 5.84. The highest BCUT2D eigenvalue weighted by atomic mass is 15.5. The van der Waals surface area contributed by atoms with E-state index in [1.165, 1.54) is 22.3 Å². The molecular weight excluding hydrogens is 440 g/mol. The molecule has 0 saturated carbocycles. The van der Waals surface area contributed by atoms with Crippen molar-refractivity contribution in [3.05, 3.63) is 155 Å². The first-order valence-corrected chi connectivity index (χ1v) is 12.5. The van der Waals surface area contributed by atoms with Gasteiger partial charge in [-0.25, -0.2) is 4.68 Å². The Morgan fingerprint density at radius 1 is 0.611 bits per heavy atom. The Bertz CT molecular complexity index is 1310. The third-order valence-electron chi connectivity index (χ3n) is 6.59. The number of nitrogens with zero attached hydrogens (tertiary/aromatic N) is 4. The van der Waals surface area contributed by atoms with Crippen LogP contribution in [-0.2, 0) is 6.54 Å². The van der Waals surface area contributed by atoms with Gasteiger partial charge in [-0.3, -0.25) is 0 Å². The third-order valence-corrected chi connectivity index (χ3v) is 6.59. The van der Waals surface area contributed by atoms with Crippen LogP contribution in [-0.4, -0.2) is 20.2 Å². The predicted molar refractivity (Wildman–Crippen MR) is 146 cm³/mol. The second-order valence-electron chi connectivity index (χ2n) is 8.93. The number of aryl methyl sites for hydroxylation is 1. The first-order valence-electron chi connectivity index (χ1n) is 12.5. The summed E-state index contributed by atoms with van der Waals surface area (Å²) in [6, 6.07) is 42.3. The molecule has 0 amide bonds. The average molecular weight is 471 g/mol. The molecule has 0 saturated heterocycles. The summed E-state index contributed by atoms with van der Waals surface area (Å²) in [5, 5.41) is 13.0. The average Bonchev–Trinajstić information content (AvgIpc) is 3.42. The summed E-state index contributed by atoms with van der Waals surface area (Å²) in [6.45, 7) is 0.739. The Morgan fingerprint density at radius 3 is 1.67 bits per heavy atom. The van der Waals surface area contributed by atoms with E-state index in [2.05, 4.69) is 137 Å². The van der Waals surface area contributed by atoms with E-state index >= 15 is 0 Å². The quantitative estimate of drug-likeness (QED) is 0.218. The van der Waals surface area contributed by atoms with Crippen LogP contribution in [0.25, 0.3) is 6.08 Å². The molecule has 0 aliphatic carbocycles. The van der Waals surface area contributed by atoms with Gasteiger partial charge < -0.3 is 0 Å². The molecule has 0 fully saturated rings. The van der Waals surface area contributed by atoms with Crippen molar-refractivity contribution in [3.8, 4) is 0 Å². The molecule has 0 spiro atoms. The van der Waals surface area contributed by atoms with E-state index < -0.39 is 0 Å². The van der Waals surface area contributed by atoms with Crippen LogP contribution in [0, 0.1) is 0 Å². The SMILES string of the molecule is C(=Cc1ccccc1)CC(c1ccccc1)c1nnnn1CCC(c1ccccc1)c1ccccc1. The van der Waals surface area contributed by atoms with Gasteiger partial charge in [-0.1, -0.05) is 133 Å². The fourth-order valence-corrected chi connectivity index (χ4v) is 4.75. The molecule has 4 aromatic carbocycles. The van der Waals surface area contributed by atoms with E-state index in [0.717, 1.165) is 25.2 Å². The van der Waals surface area contributed by atoms with Gasteiger partial charge in [-0.05, 0) is 45.5 Å². The summed E-state index contributed by atoms with van der Waals surface area (Å²) < 4.78 is 1.99. The highest BCUT2D eigenvalue weighted by Gasteiger charge is 2.22. The van der Waals surface area contributed by atoms with E-state index in [9.17, 15) is 0 Å². The van der Waals surface area contributed by atoms with E-state index in [1.54, 1.807) is 0 Å². The number of hydrogen-bond donors (Lipinski definition) is 0. The van der Waals surface area contributed by atoms with Crippen molar-refractivity contribution in [2.24, 2.45) is 0 Å². The highest BCUT2D eigenvalue weighted by molar-refractivity contribution is 5.49. The first-order chi connectivity index (χ1) is 17.9. The van der Waals surface area contributed by atoms with Crippen LogP contribution in [0.3, 0.4) is 0 Å². The van der Waals surface area contributed by atoms with Crippen molar-refractivity contribution in [1.29, 1.82) is 0 Å². The molecule has 0 N–H and O–H groups in total.